The van der Waals surface area contributed by atoms with Crippen molar-refractivity contribution >= 4 is 12.2 Å². The molecule has 0 radical (unpaired) electrons. The normalized spacial score (nSPS) is 11.8. The summed E-state index contributed by atoms with van der Waals surface area (Å²) in [6.45, 7) is 4.36. The Bertz CT molecular complexity index is 437. The van der Waals surface area contributed by atoms with Gasteiger partial charge >= 0.3 is 0 Å². The van der Waals surface area contributed by atoms with E-state index in [0.717, 1.165) is 6.42 Å². The molecule has 13 heavy (non-hydrogen) atoms. The highest BCUT2D eigenvalue weighted by atomic mass is 14.1. The summed E-state index contributed by atoms with van der Waals surface area (Å²) in [6, 6.07) is 4.36. The molecule has 0 bridgehead atoms. The van der Waals surface area contributed by atoms with Gasteiger partial charge in [-0.15, -0.1) is 0 Å². The Morgan fingerprint density at radius 1 is 1.15 bits per heavy atom. The van der Waals surface area contributed by atoms with Gasteiger partial charge in [0.15, 0.2) is 0 Å². The maximum atomic E-state index is 3.00. The van der Waals surface area contributed by atoms with E-state index >= 15 is 0 Å². The van der Waals surface area contributed by atoms with E-state index in [-0.39, 0.29) is 0 Å². The van der Waals surface area contributed by atoms with Crippen LogP contribution < -0.4 is 0 Å². The SMILES string of the molecule is CCc1ccc2c(c1C)C=C=C=C2. The van der Waals surface area contributed by atoms with Crippen LogP contribution in [0.15, 0.2) is 23.6 Å². The van der Waals surface area contributed by atoms with E-state index in [2.05, 4.69) is 37.4 Å². The van der Waals surface area contributed by atoms with E-state index in [9.17, 15) is 0 Å². The number of fused-ring (bicyclic) bond motifs is 1. The van der Waals surface area contributed by atoms with Crippen molar-refractivity contribution in [2.24, 2.45) is 0 Å². The van der Waals surface area contributed by atoms with Crippen LogP contribution in [0.5, 0.6) is 0 Å². The number of hydrogen-bond acceptors (Lipinski definition) is 0. The second-order valence-electron chi connectivity index (χ2n) is 3.28. The molecule has 0 saturated carbocycles. The van der Waals surface area contributed by atoms with Crippen LogP contribution in [-0.2, 0) is 6.42 Å². The Balaban J connectivity index is 2.68. The van der Waals surface area contributed by atoms with Gasteiger partial charge in [-0.25, -0.2) is 0 Å². The van der Waals surface area contributed by atoms with Crippen LogP contribution in [0.2, 0.25) is 0 Å². The van der Waals surface area contributed by atoms with Crippen molar-refractivity contribution in [1.29, 1.82) is 0 Å². The molecule has 0 N–H and O–H groups in total. The lowest BCUT2D eigenvalue weighted by molar-refractivity contribution is 1.10. The van der Waals surface area contributed by atoms with Crippen LogP contribution in [0.25, 0.3) is 12.2 Å². The van der Waals surface area contributed by atoms with Crippen molar-refractivity contribution in [3.8, 4) is 0 Å². The Hall–Kier alpha value is -1.48. The Kier molecular flexibility index (Phi) is 1.94. The van der Waals surface area contributed by atoms with Gasteiger partial charge in [0.25, 0.3) is 0 Å². The summed E-state index contributed by atoms with van der Waals surface area (Å²) in [7, 11) is 0. The molecule has 0 fully saturated rings. The maximum Gasteiger partial charge on any atom is -0.00337 e. The fourth-order valence-corrected chi connectivity index (χ4v) is 1.73. The summed E-state index contributed by atoms with van der Waals surface area (Å²) in [5.74, 6) is 0. The lowest BCUT2D eigenvalue weighted by Crippen LogP contribution is -1.93. The minimum atomic E-state index is 1.10. The second-order valence-corrected chi connectivity index (χ2v) is 3.28. The molecule has 0 aliphatic heterocycles. The van der Waals surface area contributed by atoms with Crippen molar-refractivity contribution in [3.63, 3.8) is 0 Å². The monoisotopic (exact) mass is 168 g/mol. The van der Waals surface area contributed by atoms with Crippen molar-refractivity contribution in [2.75, 3.05) is 0 Å². The maximum absolute atomic E-state index is 3.00. The molecule has 0 nitrogen and oxygen atoms in total. The van der Waals surface area contributed by atoms with Crippen molar-refractivity contribution in [2.45, 2.75) is 20.3 Å². The molecular weight excluding hydrogens is 156 g/mol. The Morgan fingerprint density at radius 2 is 1.92 bits per heavy atom. The summed E-state index contributed by atoms with van der Waals surface area (Å²) >= 11 is 0. The summed E-state index contributed by atoms with van der Waals surface area (Å²) < 4.78 is 0. The molecule has 0 heteroatoms. The highest BCUT2D eigenvalue weighted by Gasteiger charge is 2.05. The predicted octanol–water partition coefficient (Wildman–Crippen LogP) is 3.35. The first-order valence-electron chi connectivity index (χ1n) is 4.63. The molecule has 0 atom stereocenters. The third-order valence-electron chi connectivity index (χ3n) is 2.57. The average Bonchev–Trinajstić information content (AvgIpc) is 2.19. The molecule has 2 rings (SSSR count). The molecule has 64 valence electrons. The fourth-order valence-electron chi connectivity index (χ4n) is 1.73. The first-order valence-corrected chi connectivity index (χ1v) is 4.63. The second kappa shape index (κ2) is 3.11. The highest BCUT2D eigenvalue weighted by Crippen LogP contribution is 2.22. The molecule has 0 heterocycles. The number of hydrogen-bond donors (Lipinski definition) is 0. The lowest BCUT2D eigenvalue weighted by Gasteiger charge is -2.10. The molecule has 0 unspecified atom stereocenters. The topological polar surface area (TPSA) is 0 Å². The molecule has 1 aliphatic carbocycles. The van der Waals surface area contributed by atoms with Gasteiger partial charge in [0.1, 0.15) is 0 Å². The molecule has 0 spiro atoms. The zero-order valence-electron chi connectivity index (χ0n) is 8.02. The van der Waals surface area contributed by atoms with Crippen LogP contribution in [0.1, 0.15) is 29.2 Å². The summed E-state index contributed by atoms with van der Waals surface area (Å²) in [5.41, 5.74) is 11.3. The van der Waals surface area contributed by atoms with E-state index in [4.69, 9.17) is 0 Å². The largest absolute Gasteiger partial charge is 0.0696 e. The highest BCUT2D eigenvalue weighted by molar-refractivity contribution is 5.71. The first kappa shape index (κ1) is 8.13. The van der Waals surface area contributed by atoms with E-state index in [1.165, 1.54) is 22.3 Å². The zero-order valence-corrected chi connectivity index (χ0v) is 8.02. The Morgan fingerprint density at radius 3 is 2.69 bits per heavy atom. The average molecular weight is 168 g/mol. The molecule has 1 aromatic carbocycles. The van der Waals surface area contributed by atoms with Gasteiger partial charge < -0.3 is 0 Å². The van der Waals surface area contributed by atoms with Gasteiger partial charge in [0, 0.05) is 0 Å². The van der Waals surface area contributed by atoms with Gasteiger partial charge in [-0.05, 0) is 47.8 Å². The summed E-state index contributed by atoms with van der Waals surface area (Å²) in [5, 5.41) is 0. The van der Waals surface area contributed by atoms with Crippen LogP contribution in [-0.4, -0.2) is 0 Å². The number of benzene rings is 1. The summed E-state index contributed by atoms with van der Waals surface area (Å²) in [4.78, 5) is 0. The van der Waals surface area contributed by atoms with Gasteiger partial charge in [0.2, 0.25) is 0 Å². The molecule has 1 aliphatic rings. The van der Waals surface area contributed by atoms with Gasteiger partial charge in [0.05, 0.1) is 0 Å². The number of rotatable bonds is 1. The Labute approximate surface area is 78.9 Å². The van der Waals surface area contributed by atoms with Crippen molar-refractivity contribution in [3.05, 3.63) is 45.8 Å². The molecule has 0 amide bonds. The quantitative estimate of drug-likeness (QED) is 0.573. The van der Waals surface area contributed by atoms with E-state index < -0.39 is 0 Å². The predicted molar refractivity (Wildman–Crippen MR) is 56.5 cm³/mol. The van der Waals surface area contributed by atoms with Crippen molar-refractivity contribution < 1.29 is 0 Å². The third-order valence-corrected chi connectivity index (χ3v) is 2.57. The number of aryl methyl sites for hydroxylation is 1. The molecule has 1 aromatic rings. The van der Waals surface area contributed by atoms with Crippen LogP contribution in [0.3, 0.4) is 0 Å². The molecule has 0 aromatic heterocycles. The van der Waals surface area contributed by atoms with E-state index in [1.54, 1.807) is 0 Å². The molecule has 0 saturated heterocycles. The van der Waals surface area contributed by atoms with Gasteiger partial charge in [-0.1, -0.05) is 30.5 Å². The minimum absolute atomic E-state index is 1.10. The van der Waals surface area contributed by atoms with Crippen LogP contribution >= 0.6 is 0 Å². The van der Waals surface area contributed by atoms with Crippen LogP contribution in [0.4, 0.5) is 0 Å². The van der Waals surface area contributed by atoms with Gasteiger partial charge in [-0.2, -0.15) is 0 Å². The first-order chi connectivity index (χ1) is 6.33. The summed E-state index contributed by atoms with van der Waals surface area (Å²) in [6.07, 6.45) is 5.10. The van der Waals surface area contributed by atoms with E-state index in [0.29, 0.717) is 0 Å². The van der Waals surface area contributed by atoms with E-state index in [1.807, 2.05) is 12.2 Å². The lowest BCUT2D eigenvalue weighted by atomic mass is 9.94. The van der Waals surface area contributed by atoms with Gasteiger partial charge in [-0.3, -0.25) is 0 Å². The van der Waals surface area contributed by atoms with Crippen molar-refractivity contribution in [1.82, 2.24) is 0 Å². The molecular formula is C13H12. The standard InChI is InChI=1S/C13H12/c1-3-11-8-9-12-6-4-5-7-13(12)10(11)2/h6-9H,3H2,1-2H3. The zero-order chi connectivity index (χ0) is 9.26. The smallest absolute Gasteiger partial charge is 0.00337 e. The minimum Gasteiger partial charge on any atom is -0.0696 e. The van der Waals surface area contributed by atoms with Crippen LogP contribution in [0, 0.1) is 6.92 Å². The third kappa shape index (κ3) is 1.27. The fraction of sp³-hybridized carbons (Fsp3) is 0.231.